The molecule has 4 aliphatic carbocycles. The van der Waals surface area contributed by atoms with Crippen LogP contribution in [-0.4, -0.2) is 45.2 Å². The van der Waals surface area contributed by atoms with Crippen LogP contribution in [0.2, 0.25) is 0 Å². The summed E-state index contributed by atoms with van der Waals surface area (Å²) in [6.45, 7) is 5.54. The number of fused-ring (bicyclic) bond motifs is 1. The molecule has 7 atom stereocenters. The SMILES string of the molecule is C[C@@H]1CC[C@@]2(O)[C@@]13CC(=O)[C@]1(C)[C@@]2(C)CO[C@]1(O)[C@H]3O. The van der Waals surface area contributed by atoms with E-state index in [-0.39, 0.29) is 24.7 Å². The summed E-state index contributed by atoms with van der Waals surface area (Å²) in [7, 11) is 0. The van der Waals surface area contributed by atoms with Gasteiger partial charge in [-0.2, -0.15) is 0 Å². The largest absolute Gasteiger partial charge is 0.388 e. The maximum atomic E-state index is 12.8. The number of hydrogen-bond donors (Lipinski definition) is 3. The molecule has 0 aromatic heterocycles. The Morgan fingerprint density at radius 2 is 1.95 bits per heavy atom. The molecule has 112 valence electrons. The normalized spacial score (nSPS) is 67.6. The number of hydrogen-bond acceptors (Lipinski definition) is 5. The predicted octanol–water partition coefficient (Wildman–Crippen LogP) is 0.212. The Morgan fingerprint density at radius 1 is 1.30 bits per heavy atom. The van der Waals surface area contributed by atoms with Gasteiger partial charge in [-0.3, -0.25) is 4.79 Å². The van der Waals surface area contributed by atoms with Crippen LogP contribution in [0.3, 0.4) is 0 Å². The van der Waals surface area contributed by atoms with Crippen LogP contribution >= 0.6 is 0 Å². The summed E-state index contributed by atoms with van der Waals surface area (Å²) in [6, 6.07) is 0. The minimum atomic E-state index is -1.87. The molecule has 5 nitrogen and oxygen atoms in total. The van der Waals surface area contributed by atoms with Crippen molar-refractivity contribution in [2.75, 3.05) is 6.61 Å². The van der Waals surface area contributed by atoms with Crippen molar-refractivity contribution in [3.63, 3.8) is 0 Å². The third-order valence-corrected chi connectivity index (χ3v) is 7.77. The van der Waals surface area contributed by atoms with E-state index in [1.165, 1.54) is 0 Å². The van der Waals surface area contributed by atoms with Crippen molar-refractivity contribution in [1.82, 2.24) is 0 Å². The lowest BCUT2D eigenvalue weighted by Crippen LogP contribution is -2.83. The standard InChI is InChI=1S/C15H22O5/c1-8-4-5-14(18)11(2)7-20-15(19)10(17)13(8,14)6-9(16)12(11,15)3/h8,10,17-19H,4-7H2,1-3H3/t8-,10+,11-,12-,13+,14+,15-/m1/s1. The maximum absolute atomic E-state index is 12.8. The lowest BCUT2D eigenvalue weighted by atomic mass is 9.35. The van der Waals surface area contributed by atoms with Crippen LogP contribution in [0, 0.1) is 22.2 Å². The molecule has 0 aromatic rings. The highest BCUT2D eigenvalue weighted by Gasteiger charge is 2.91. The Kier molecular flexibility index (Phi) is 1.98. The van der Waals surface area contributed by atoms with Crippen molar-refractivity contribution in [3.8, 4) is 0 Å². The number of carbonyl (C=O) groups is 1. The lowest BCUT2D eigenvalue weighted by molar-refractivity contribution is -0.368. The van der Waals surface area contributed by atoms with Crippen LogP contribution in [0.1, 0.15) is 40.0 Å². The first-order valence-corrected chi connectivity index (χ1v) is 7.42. The van der Waals surface area contributed by atoms with Crippen LogP contribution in [0.15, 0.2) is 0 Å². The molecule has 1 saturated heterocycles. The van der Waals surface area contributed by atoms with Gasteiger partial charge in [0.2, 0.25) is 5.79 Å². The van der Waals surface area contributed by atoms with Crippen LogP contribution in [0.5, 0.6) is 0 Å². The second-order valence-electron chi connectivity index (χ2n) is 7.79. The molecule has 4 bridgehead atoms. The van der Waals surface area contributed by atoms with Gasteiger partial charge in [0.1, 0.15) is 11.9 Å². The minimum Gasteiger partial charge on any atom is -0.388 e. The van der Waals surface area contributed by atoms with Gasteiger partial charge in [0, 0.05) is 17.3 Å². The van der Waals surface area contributed by atoms with E-state index < -0.39 is 33.7 Å². The molecule has 0 aromatic carbocycles. The second-order valence-corrected chi connectivity index (χ2v) is 7.79. The molecule has 1 heterocycles. The van der Waals surface area contributed by atoms with Gasteiger partial charge in [0.05, 0.1) is 17.6 Å². The molecular weight excluding hydrogens is 260 g/mol. The molecule has 5 aliphatic rings. The third-order valence-electron chi connectivity index (χ3n) is 7.77. The van der Waals surface area contributed by atoms with Crippen molar-refractivity contribution < 1.29 is 24.9 Å². The average molecular weight is 282 g/mol. The highest BCUT2D eigenvalue weighted by molar-refractivity contribution is 5.91. The Labute approximate surface area is 117 Å². The molecular formula is C15H22O5. The Morgan fingerprint density at radius 3 is 2.60 bits per heavy atom. The van der Waals surface area contributed by atoms with E-state index in [9.17, 15) is 20.1 Å². The summed E-state index contributed by atoms with van der Waals surface area (Å²) in [5.74, 6) is -1.99. The van der Waals surface area contributed by atoms with E-state index >= 15 is 0 Å². The first-order valence-electron chi connectivity index (χ1n) is 7.42. The van der Waals surface area contributed by atoms with Crippen LogP contribution in [0.25, 0.3) is 0 Å². The van der Waals surface area contributed by atoms with Crippen LogP contribution in [0.4, 0.5) is 0 Å². The van der Waals surface area contributed by atoms with Gasteiger partial charge in [-0.25, -0.2) is 0 Å². The third kappa shape index (κ3) is 0.794. The van der Waals surface area contributed by atoms with E-state index in [2.05, 4.69) is 0 Å². The molecule has 5 fully saturated rings. The van der Waals surface area contributed by atoms with Gasteiger partial charge in [0.25, 0.3) is 0 Å². The molecule has 4 saturated carbocycles. The van der Waals surface area contributed by atoms with E-state index in [1.54, 1.807) is 6.92 Å². The van der Waals surface area contributed by atoms with E-state index in [1.807, 2.05) is 13.8 Å². The molecule has 1 aliphatic heterocycles. The summed E-state index contributed by atoms with van der Waals surface area (Å²) < 4.78 is 5.56. The van der Waals surface area contributed by atoms with Gasteiger partial charge in [-0.1, -0.05) is 13.8 Å². The second kappa shape index (κ2) is 3.00. The maximum Gasteiger partial charge on any atom is 0.206 e. The molecule has 5 rings (SSSR count). The number of aliphatic hydroxyl groups is 3. The first-order chi connectivity index (χ1) is 9.12. The Bertz CT molecular complexity index is 534. The number of ketones is 1. The van der Waals surface area contributed by atoms with Crippen molar-refractivity contribution in [2.24, 2.45) is 22.2 Å². The molecule has 5 heteroatoms. The lowest BCUT2D eigenvalue weighted by Gasteiger charge is -2.69. The molecule has 3 N–H and O–H groups in total. The van der Waals surface area contributed by atoms with Gasteiger partial charge in [-0.15, -0.1) is 0 Å². The number of ether oxygens (including phenoxy) is 1. The highest BCUT2D eigenvalue weighted by Crippen LogP contribution is 2.79. The fourth-order valence-electron chi connectivity index (χ4n) is 6.15. The highest BCUT2D eigenvalue weighted by atomic mass is 16.6. The number of Topliss-reactive ketones (excluding diaryl/α,β-unsaturated/α-hetero) is 1. The quantitative estimate of drug-likeness (QED) is 0.591. The van der Waals surface area contributed by atoms with Gasteiger partial charge in [-0.05, 0) is 25.7 Å². The van der Waals surface area contributed by atoms with Crippen LogP contribution in [-0.2, 0) is 9.53 Å². The van der Waals surface area contributed by atoms with Crippen LogP contribution < -0.4 is 0 Å². The van der Waals surface area contributed by atoms with Gasteiger partial charge < -0.3 is 20.1 Å². The molecule has 20 heavy (non-hydrogen) atoms. The van der Waals surface area contributed by atoms with Crippen molar-refractivity contribution in [1.29, 1.82) is 0 Å². The Balaban J connectivity index is 2.10. The van der Waals surface area contributed by atoms with Crippen molar-refractivity contribution >= 4 is 5.78 Å². The zero-order chi connectivity index (χ0) is 14.8. The fraction of sp³-hybridized carbons (Fsp3) is 0.933. The smallest absolute Gasteiger partial charge is 0.206 e. The van der Waals surface area contributed by atoms with E-state index in [0.29, 0.717) is 6.42 Å². The summed E-state index contributed by atoms with van der Waals surface area (Å²) in [6.07, 6.45) is 0.201. The van der Waals surface area contributed by atoms with Gasteiger partial charge >= 0.3 is 0 Å². The monoisotopic (exact) mass is 282 g/mol. The number of aliphatic hydroxyl groups excluding tert-OH is 1. The molecule has 0 amide bonds. The first kappa shape index (κ1) is 13.2. The van der Waals surface area contributed by atoms with Gasteiger partial charge in [0.15, 0.2) is 0 Å². The van der Waals surface area contributed by atoms with E-state index in [0.717, 1.165) is 6.42 Å². The van der Waals surface area contributed by atoms with E-state index in [4.69, 9.17) is 4.74 Å². The molecule has 1 spiro atoms. The van der Waals surface area contributed by atoms with Crippen molar-refractivity contribution in [3.05, 3.63) is 0 Å². The summed E-state index contributed by atoms with van der Waals surface area (Å²) in [5.41, 5.74) is -4.25. The Hall–Kier alpha value is -0.490. The number of carbonyl (C=O) groups excluding carboxylic acids is 1. The summed E-state index contributed by atoms with van der Waals surface area (Å²) >= 11 is 0. The zero-order valence-electron chi connectivity index (χ0n) is 12.1. The zero-order valence-corrected chi connectivity index (χ0v) is 12.1. The molecule has 0 radical (unpaired) electrons. The molecule has 0 unspecified atom stereocenters. The predicted molar refractivity (Wildman–Crippen MR) is 68.5 cm³/mol. The fourth-order valence-corrected chi connectivity index (χ4v) is 6.15. The van der Waals surface area contributed by atoms with Crippen molar-refractivity contribution in [2.45, 2.75) is 57.5 Å². The summed E-state index contributed by atoms with van der Waals surface area (Å²) in [5, 5.41) is 33.3. The summed E-state index contributed by atoms with van der Waals surface area (Å²) in [4.78, 5) is 12.8. The topological polar surface area (TPSA) is 87.0 Å². The number of rotatable bonds is 0. The average Bonchev–Trinajstić information content (AvgIpc) is 2.77. The minimum absolute atomic E-state index is 0.0242.